The van der Waals surface area contributed by atoms with E-state index >= 15 is 0 Å². The first-order chi connectivity index (χ1) is 25.1. The predicted octanol–water partition coefficient (Wildman–Crippen LogP) is 13.2. The van der Waals surface area contributed by atoms with Crippen molar-refractivity contribution in [3.05, 3.63) is 181 Å². The molecule has 0 saturated heterocycles. The van der Waals surface area contributed by atoms with E-state index in [0.717, 1.165) is 61.3 Å². The van der Waals surface area contributed by atoms with Crippen molar-refractivity contribution in [3.63, 3.8) is 0 Å². The topological polar surface area (TPSA) is 29.3 Å². The maximum atomic E-state index is 6.79. The van der Waals surface area contributed by atoms with Gasteiger partial charge >= 0.3 is 0 Å². The van der Waals surface area contributed by atoms with E-state index in [2.05, 4.69) is 181 Å². The van der Waals surface area contributed by atoms with Crippen LogP contribution in [0.2, 0.25) is 0 Å². The Morgan fingerprint density at radius 2 is 1.16 bits per heavy atom. The van der Waals surface area contributed by atoms with Crippen LogP contribution in [0.5, 0.6) is 0 Å². The van der Waals surface area contributed by atoms with Gasteiger partial charge in [0, 0.05) is 51.2 Å². The number of pyridine rings is 1. The summed E-state index contributed by atoms with van der Waals surface area (Å²) < 4.78 is 6.79. The van der Waals surface area contributed by atoms with Gasteiger partial charge in [-0.2, -0.15) is 0 Å². The van der Waals surface area contributed by atoms with E-state index in [4.69, 9.17) is 4.42 Å². The zero-order valence-corrected chi connectivity index (χ0v) is 28.5. The third kappa shape index (κ3) is 4.55. The van der Waals surface area contributed by atoms with Gasteiger partial charge in [0.1, 0.15) is 11.2 Å². The van der Waals surface area contributed by atoms with E-state index in [1.54, 1.807) is 0 Å². The number of hydrogen-bond acceptors (Lipinski definition) is 3. The molecule has 51 heavy (non-hydrogen) atoms. The number of nitrogens with zero attached hydrogens (tertiary/aromatic N) is 2. The van der Waals surface area contributed by atoms with Gasteiger partial charge in [0.05, 0.1) is 0 Å². The molecule has 10 rings (SSSR count). The standard InChI is InChI=1S/C48H34N2O/c1-48(2)42-17-9-8-15-39(42)40-24-23-36(30-43(40)48)50(34-12-4-3-5-13-34)35-21-19-31(20-22-35)41-29-33-11-6-7-14-38(33)46-45-37(32-25-27-49-28-26-32)16-10-18-44(45)51-47(41)46/h3-30H,1-2H3. The minimum absolute atomic E-state index is 0.0839. The van der Waals surface area contributed by atoms with Gasteiger partial charge < -0.3 is 9.32 Å². The SMILES string of the molecule is CC1(C)c2ccccc2-c2ccc(N(c3ccccc3)c3ccc(-c4cc5ccccc5c5c4oc4cccc(-c6ccncc6)c45)cc3)cc21. The lowest BCUT2D eigenvalue weighted by Gasteiger charge is -2.28. The normalized spacial score (nSPS) is 13.1. The summed E-state index contributed by atoms with van der Waals surface area (Å²) in [6, 6.07) is 56.8. The third-order valence-corrected chi connectivity index (χ3v) is 10.8. The Morgan fingerprint density at radius 1 is 0.490 bits per heavy atom. The van der Waals surface area contributed by atoms with Gasteiger partial charge in [-0.05, 0) is 110 Å². The summed E-state index contributed by atoms with van der Waals surface area (Å²) in [6.45, 7) is 4.68. The molecule has 1 aliphatic rings. The lowest BCUT2D eigenvalue weighted by molar-refractivity contribution is 0.660. The molecular formula is C48H34N2O. The Labute approximate surface area is 297 Å². The number of hydrogen-bond donors (Lipinski definition) is 0. The Hall–Kier alpha value is -6.45. The number of benzene rings is 7. The highest BCUT2D eigenvalue weighted by Gasteiger charge is 2.35. The van der Waals surface area contributed by atoms with Crippen molar-refractivity contribution in [2.24, 2.45) is 0 Å². The molecular weight excluding hydrogens is 621 g/mol. The Kier molecular flexibility index (Phi) is 6.53. The van der Waals surface area contributed by atoms with Crippen molar-refractivity contribution < 1.29 is 4.42 Å². The third-order valence-electron chi connectivity index (χ3n) is 10.8. The summed E-state index contributed by atoms with van der Waals surface area (Å²) in [5.74, 6) is 0. The maximum Gasteiger partial charge on any atom is 0.143 e. The molecule has 0 saturated carbocycles. The molecule has 0 fully saturated rings. The quantitative estimate of drug-likeness (QED) is 0.185. The van der Waals surface area contributed by atoms with E-state index in [0.29, 0.717) is 0 Å². The Bertz CT molecular complexity index is 2760. The first-order valence-electron chi connectivity index (χ1n) is 17.5. The summed E-state index contributed by atoms with van der Waals surface area (Å²) in [6.07, 6.45) is 3.70. The second-order valence-corrected chi connectivity index (χ2v) is 14.0. The number of fused-ring (bicyclic) bond motifs is 8. The van der Waals surface area contributed by atoms with Crippen LogP contribution in [-0.4, -0.2) is 4.98 Å². The molecule has 0 amide bonds. The van der Waals surface area contributed by atoms with Gasteiger partial charge in [0.25, 0.3) is 0 Å². The number of anilines is 3. The fourth-order valence-corrected chi connectivity index (χ4v) is 8.30. The van der Waals surface area contributed by atoms with Crippen LogP contribution < -0.4 is 4.90 Å². The lowest BCUT2D eigenvalue weighted by atomic mass is 9.82. The van der Waals surface area contributed by atoms with Crippen molar-refractivity contribution in [3.8, 4) is 33.4 Å². The van der Waals surface area contributed by atoms with E-state index in [1.807, 2.05) is 12.4 Å². The number of aromatic nitrogens is 1. The van der Waals surface area contributed by atoms with Gasteiger partial charge in [0.2, 0.25) is 0 Å². The van der Waals surface area contributed by atoms with Crippen molar-refractivity contribution in [1.29, 1.82) is 0 Å². The molecule has 242 valence electrons. The number of rotatable bonds is 5. The molecule has 2 heterocycles. The van der Waals surface area contributed by atoms with Crippen molar-refractivity contribution >= 4 is 49.8 Å². The lowest BCUT2D eigenvalue weighted by Crippen LogP contribution is -2.16. The zero-order valence-electron chi connectivity index (χ0n) is 28.5. The Balaban J connectivity index is 1.13. The fraction of sp³-hybridized carbons (Fsp3) is 0.0625. The molecule has 0 radical (unpaired) electrons. The van der Waals surface area contributed by atoms with Gasteiger partial charge in [-0.25, -0.2) is 0 Å². The largest absolute Gasteiger partial charge is 0.455 e. The molecule has 0 aliphatic heterocycles. The minimum atomic E-state index is -0.0839. The number of furan rings is 1. The average Bonchev–Trinajstić information content (AvgIpc) is 3.69. The van der Waals surface area contributed by atoms with Crippen molar-refractivity contribution in [2.75, 3.05) is 4.90 Å². The monoisotopic (exact) mass is 654 g/mol. The van der Waals surface area contributed by atoms with Crippen LogP contribution >= 0.6 is 0 Å². The smallest absolute Gasteiger partial charge is 0.143 e. The van der Waals surface area contributed by atoms with Gasteiger partial charge in [-0.15, -0.1) is 0 Å². The highest BCUT2D eigenvalue weighted by molar-refractivity contribution is 6.25. The summed E-state index contributed by atoms with van der Waals surface area (Å²) in [4.78, 5) is 6.63. The number of para-hydroxylation sites is 1. The van der Waals surface area contributed by atoms with Crippen LogP contribution in [0.3, 0.4) is 0 Å². The molecule has 0 unspecified atom stereocenters. The predicted molar refractivity (Wildman–Crippen MR) is 212 cm³/mol. The zero-order chi connectivity index (χ0) is 34.1. The fourth-order valence-electron chi connectivity index (χ4n) is 8.30. The van der Waals surface area contributed by atoms with E-state index in [1.165, 1.54) is 33.0 Å². The molecule has 9 aromatic rings. The molecule has 3 nitrogen and oxygen atoms in total. The second-order valence-electron chi connectivity index (χ2n) is 14.0. The van der Waals surface area contributed by atoms with Gasteiger partial charge in [0.15, 0.2) is 0 Å². The summed E-state index contributed by atoms with van der Waals surface area (Å²) in [5.41, 5.74) is 14.9. The molecule has 1 aliphatic carbocycles. The molecule has 0 atom stereocenters. The molecule has 0 spiro atoms. The summed E-state index contributed by atoms with van der Waals surface area (Å²) in [7, 11) is 0. The summed E-state index contributed by atoms with van der Waals surface area (Å²) >= 11 is 0. The average molecular weight is 655 g/mol. The van der Waals surface area contributed by atoms with Gasteiger partial charge in [-0.1, -0.05) is 111 Å². The van der Waals surface area contributed by atoms with Crippen LogP contribution in [0.4, 0.5) is 17.1 Å². The minimum Gasteiger partial charge on any atom is -0.455 e. The van der Waals surface area contributed by atoms with Crippen LogP contribution in [0.15, 0.2) is 175 Å². The maximum absolute atomic E-state index is 6.79. The first-order valence-corrected chi connectivity index (χ1v) is 17.5. The molecule has 2 aromatic heterocycles. The second kappa shape index (κ2) is 11.3. The van der Waals surface area contributed by atoms with Crippen LogP contribution in [0.25, 0.3) is 66.1 Å². The highest BCUT2D eigenvalue weighted by atomic mass is 16.3. The van der Waals surface area contributed by atoms with Gasteiger partial charge in [-0.3, -0.25) is 4.98 Å². The van der Waals surface area contributed by atoms with Crippen LogP contribution in [-0.2, 0) is 5.41 Å². The van der Waals surface area contributed by atoms with Crippen molar-refractivity contribution in [1.82, 2.24) is 4.98 Å². The Morgan fingerprint density at radius 3 is 2.00 bits per heavy atom. The molecule has 0 N–H and O–H groups in total. The molecule has 7 aromatic carbocycles. The van der Waals surface area contributed by atoms with Crippen LogP contribution in [0, 0.1) is 0 Å². The molecule has 0 bridgehead atoms. The van der Waals surface area contributed by atoms with Crippen LogP contribution in [0.1, 0.15) is 25.0 Å². The van der Waals surface area contributed by atoms with E-state index in [9.17, 15) is 0 Å². The van der Waals surface area contributed by atoms with Crippen molar-refractivity contribution in [2.45, 2.75) is 19.3 Å². The summed E-state index contributed by atoms with van der Waals surface area (Å²) in [5, 5.41) is 4.64. The molecule has 3 heteroatoms. The first kappa shape index (κ1) is 29.5. The van der Waals surface area contributed by atoms with E-state index in [-0.39, 0.29) is 5.41 Å². The van der Waals surface area contributed by atoms with E-state index < -0.39 is 0 Å². The highest BCUT2D eigenvalue weighted by Crippen LogP contribution is 2.51.